The average molecular weight is 623 g/mol. The molecule has 0 bridgehead atoms. The maximum Gasteiger partial charge on any atom is 0.408 e. The topological polar surface area (TPSA) is 118 Å². The molecule has 4 rings (SSSR count). The van der Waals surface area contributed by atoms with Crippen LogP contribution in [0.2, 0.25) is 0 Å². The zero-order valence-corrected chi connectivity index (χ0v) is 27.6. The summed E-state index contributed by atoms with van der Waals surface area (Å²) in [5.74, 6) is -0.158. The lowest BCUT2D eigenvalue weighted by Crippen LogP contribution is -2.52. The highest BCUT2D eigenvalue weighted by molar-refractivity contribution is 5.97. The Hall–Kier alpha value is -3.63. The highest BCUT2D eigenvalue weighted by Gasteiger charge is 2.28. The first-order valence-electron chi connectivity index (χ1n) is 16.0. The minimum Gasteiger partial charge on any atom is -0.456 e. The Morgan fingerprint density at radius 3 is 2.20 bits per heavy atom. The van der Waals surface area contributed by atoms with Gasteiger partial charge in [0, 0.05) is 56.7 Å². The van der Waals surface area contributed by atoms with E-state index in [1.54, 1.807) is 65.8 Å². The molecule has 246 valence electrons. The highest BCUT2D eigenvalue weighted by atomic mass is 16.6. The van der Waals surface area contributed by atoms with Crippen molar-refractivity contribution in [1.82, 2.24) is 10.6 Å². The average Bonchev–Trinajstić information content (AvgIpc) is 2.96. The molecule has 0 spiro atoms. The van der Waals surface area contributed by atoms with Gasteiger partial charge >= 0.3 is 12.1 Å². The third kappa shape index (κ3) is 11.0. The number of carbonyl (C=O) groups excluding carboxylic acids is 3. The summed E-state index contributed by atoms with van der Waals surface area (Å²) in [6.45, 7) is 15.3. The van der Waals surface area contributed by atoms with Crippen LogP contribution in [-0.2, 0) is 25.4 Å². The molecule has 0 aliphatic carbocycles. The molecule has 2 saturated heterocycles. The SMILES string of the molecule is CC(C)(C)OC(=O)NC(Cc1ccc(N2CCNCC2CC2CCOCC2)cc1)C(=O)Nc1ccc(C(=O)OC(C)(C)C)cc1. The second-order valence-corrected chi connectivity index (χ2v) is 14.0. The van der Waals surface area contributed by atoms with Crippen molar-refractivity contribution in [2.45, 2.75) is 90.5 Å². The lowest BCUT2D eigenvalue weighted by Gasteiger charge is -2.40. The Morgan fingerprint density at radius 2 is 1.58 bits per heavy atom. The molecule has 2 heterocycles. The van der Waals surface area contributed by atoms with Crippen LogP contribution in [-0.4, -0.2) is 74.1 Å². The number of ether oxygens (including phenoxy) is 3. The van der Waals surface area contributed by atoms with E-state index in [2.05, 4.69) is 33.0 Å². The van der Waals surface area contributed by atoms with E-state index in [0.29, 0.717) is 23.2 Å². The van der Waals surface area contributed by atoms with Crippen LogP contribution in [0.4, 0.5) is 16.2 Å². The maximum atomic E-state index is 13.5. The van der Waals surface area contributed by atoms with E-state index in [4.69, 9.17) is 14.2 Å². The molecule has 2 fully saturated rings. The number of hydrogen-bond acceptors (Lipinski definition) is 8. The van der Waals surface area contributed by atoms with E-state index in [-0.39, 0.29) is 6.42 Å². The van der Waals surface area contributed by atoms with Crippen molar-refractivity contribution in [1.29, 1.82) is 0 Å². The van der Waals surface area contributed by atoms with Gasteiger partial charge in [-0.25, -0.2) is 9.59 Å². The molecule has 2 amide bonds. The number of esters is 1. The van der Waals surface area contributed by atoms with Crippen molar-refractivity contribution < 1.29 is 28.6 Å². The van der Waals surface area contributed by atoms with E-state index >= 15 is 0 Å². The van der Waals surface area contributed by atoms with Crippen molar-refractivity contribution in [2.24, 2.45) is 5.92 Å². The third-order valence-electron chi connectivity index (χ3n) is 7.80. The number of nitrogens with zero attached hydrogens (tertiary/aromatic N) is 1. The summed E-state index contributed by atoms with van der Waals surface area (Å²) in [6, 6.07) is 14.3. The van der Waals surface area contributed by atoms with Crippen LogP contribution in [0, 0.1) is 5.92 Å². The fourth-order valence-corrected chi connectivity index (χ4v) is 5.65. The molecule has 10 heteroatoms. The largest absolute Gasteiger partial charge is 0.456 e. The number of rotatable bonds is 9. The molecule has 2 unspecified atom stereocenters. The number of amides is 2. The number of hydrogen-bond donors (Lipinski definition) is 3. The van der Waals surface area contributed by atoms with E-state index in [1.807, 2.05) is 12.1 Å². The van der Waals surface area contributed by atoms with Crippen LogP contribution >= 0.6 is 0 Å². The molecule has 2 atom stereocenters. The van der Waals surface area contributed by atoms with Gasteiger partial charge in [0.1, 0.15) is 17.2 Å². The van der Waals surface area contributed by atoms with E-state index in [1.165, 1.54) is 0 Å². The fraction of sp³-hybridized carbons (Fsp3) is 0.571. The van der Waals surface area contributed by atoms with Crippen LogP contribution in [0.3, 0.4) is 0 Å². The van der Waals surface area contributed by atoms with Crippen LogP contribution in [0.5, 0.6) is 0 Å². The molecule has 2 aromatic carbocycles. The number of nitrogens with one attached hydrogen (secondary N) is 3. The molecule has 3 N–H and O–H groups in total. The van der Waals surface area contributed by atoms with Gasteiger partial charge < -0.3 is 35.1 Å². The van der Waals surface area contributed by atoms with Gasteiger partial charge in [0.2, 0.25) is 5.91 Å². The van der Waals surface area contributed by atoms with Gasteiger partial charge in [-0.2, -0.15) is 0 Å². The van der Waals surface area contributed by atoms with Crippen molar-refractivity contribution in [2.75, 3.05) is 43.1 Å². The van der Waals surface area contributed by atoms with Crippen molar-refractivity contribution >= 4 is 29.3 Å². The highest BCUT2D eigenvalue weighted by Crippen LogP contribution is 2.27. The van der Waals surface area contributed by atoms with Gasteiger partial charge in [0.05, 0.1) is 5.56 Å². The summed E-state index contributed by atoms with van der Waals surface area (Å²) < 4.78 is 16.4. The molecular weight excluding hydrogens is 572 g/mol. The summed E-state index contributed by atoms with van der Waals surface area (Å²) in [5, 5.41) is 9.17. The van der Waals surface area contributed by atoms with E-state index < -0.39 is 35.2 Å². The number of alkyl carbamates (subject to hydrolysis) is 1. The maximum absolute atomic E-state index is 13.5. The van der Waals surface area contributed by atoms with E-state index in [0.717, 1.165) is 63.4 Å². The Labute approximate surface area is 267 Å². The van der Waals surface area contributed by atoms with Gasteiger partial charge in [0.25, 0.3) is 0 Å². The Kier molecular flexibility index (Phi) is 11.5. The first kappa shape index (κ1) is 34.2. The van der Waals surface area contributed by atoms with Gasteiger partial charge in [-0.1, -0.05) is 12.1 Å². The summed E-state index contributed by atoms with van der Waals surface area (Å²) in [4.78, 5) is 41.1. The second-order valence-electron chi connectivity index (χ2n) is 14.0. The molecule has 0 radical (unpaired) electrons. The zero-order chi connectivity index (χ0) is 32.6. The van der Waals surface area contributed by atoms with Gasteiger partial charge in [-0.15, -0.1) is 0 Å². The second kappa shape index (κ2) is 15.1. The van der Waals surface area contributed by atoms with Crippen molar-refractivity contribution in [3.05, 3.63) is 59.7 Å². The third-order valence-corrected chi connectivity index (χ3v) is 7.80. The zero-order valence-electron chi connectivity index (χ0n) is 27.6. The standard InChI is InChI=1S/C35H50N4O6/c1-34(2,3)44-32(41)26-9-11-27(12-10-26)37-31(40)30(38-33(42)45-35(4,5)6)22-24-7-13-28(14-8-24)39-18-17-36-23-29(39)21-25-15-19-43-20-16-25/h7-14,25,29-30,36H,15-23H2,1-6H3,(H,37,40)(H,38,42). The molecule has 2 aliphatic heterocycles. The molecule has 2 aliphatic rings. The van der Waals surface area contributed by atoms with Crippen LogP contribution < -0.4 is 20.9 Å². The van der Waals surface area contributed by atoms with Gasteiger partial charge in [-0.3, -0.25) is 4.79 Å². The lowest BCUT2D eigenvalue weighted by atomic mass is 9.91. The number of benzene rings is 2. The molecule has 0 saturated carbocycles. The fourth-order valence-electron chi connectivity index (χ4n) is 5.65. The minimum atomic E-state index is -0.892. The van der Waals surface area contributed by atoms with Crippen LogP contribution in [0.15, 0.2) is 48.5 Å². The normalized spacial score (nSPS) is 18.5. The lowest BCUT2D eigenvalue weighted by molar-refractivity contribution is -0.118. The molecule has 0 aromatic heterocycles. The Bertz CT molecular complexity index is 1280. The first-order chi connectivity index (χ1) is 21.3. The first-order valence-corrected chi connectivity index (χ1v) is 16.0. The Morgan fingerprint density at radius 1 is 0.933 bits per heavy atom. The number of piperazine rings is 1. The molecule has 10 nitrogen and oxygen atoms in total. The Balaban J connectivity index is 1.44. The predicted octanol–water partition coefficient (Wildman–Crippen LogP) is 5.31. The molecular formula is C35H50N4O6. The summed E-state index contributed by atoms with van der Waals surface area (Å²) in [7, 11) is 0. The molecule has 45 heavy (non-hydrogen) atoms. The monoisotopic (exact) mass is 622 g/mol. The van der Waals surface area contributed by atoms with Crippen LogP contribution in [0.1, 0.15) is 76.7 Å². The number of anilines is 2. The smallest absolute Gasteiger partial charge is 0.408 e. The summed E-state index contributed by atoms with van der Waals surface area (Å²) in [5.41, 5.74) is 1.61. The summed E-state index contributed by atoms with van der Waals surface area (Å²) >= 11 is 0. The van der Waals surface area contributed by atoms with Crippen LogP contribution in [0.25, 0.3) is 0 Å². The number of carbonyl (C=O) groups is 3. The van der Waals surface area contributed by atoms with Crippen molar-refractivity contribution in [3.8, 4) is 0 Å². The van der Waals surface area contributed by atoms with Gasteiger partial charge in [-0.05, 0) is 109 Å². The predicted molar refractivity (Wildman–Crippen MR) is 176 cm³/mol. The minimum absolute atomic E-state index is 0.272. The summed E-state index contributed by atoms with van der Waals surface area (Å²) in [6.07, 6.45) is 2.97. The quantitative estimate of drug-likeness (QED) is 0.322. The van der Waals surface area contributed by atoms with Gasteiger partial charge in [0.15, 0.2) is 0 Å². The molecule has 2 aromatic rings. The van der Waals surface area contributed by atoms with Crippen molar-refractivity contribution in [3.63, 3.8) is 0 Å². The van der Waals surface area contributed by atoms with E-state index in [9.17, 15) is 14.4 Å².